The van der Waals surface area contributed by atoms with Crippen molar-refractivity contribution in [3.05, 3.63) is 59.7 Å². The molecule has 2 unspecified atom stereocenters. The predicted octanol–water partition coefficient (Wildman–Crippen LogP) is 4.31. The molecule has 0 fully saturated rings. The van der Waals surface area contributed by atoms with Crippen LogP contribution >= 0.6 is 0 Å². The summed E-state index contributed by atoms with van der Waals surface area (Å²) in [6, 6.07) is 15.1. The van der Waals surface area contributed by atoms with Crippen LogP contribution in [0, 0.1) is 5.92 Å². The van der Waals surface area contributed by atoms with E-state index >= 15 is 0 Å². The van der Waals surface area contributed by atoms with Gasteiger partial charge in [0.15, 0.2) is 0 Å². The number of nitrogens with one attached hydrogen (secondary N) is 2. The SMILES string of the molecule is CCC(C)CCNC(=O)C(CCC(=O)O)NC(=O)OCC1c2ccccc2-c2ccccc21. The molecule has 7 heteroatoms. The van der Waals surface area contributed by atoms with Crippen LogP contribution in [0.3, 0.4) is 0 Å². The summed E-state index contributed by atoms with van der Waals surface area (Å²) in [6.07, 6.45) is 0.862. The molecule has 1 aliphatic rings. The highest BCUT2D eigenvalue weighted by atomic mass is 16.5. The molecule has 3 N–H and O–H groups in total. The summed E-state index contributed by atoms with van der Waals surface area (Å²) in [6.45, 7) is 4.79. The minimum atomic E-state index is -1.03. The molecule has 7 nitrogen and oxygen atoms in total. The average molecular weight is 453 g/mol. The van der Waals surface area contributed by atoms with Gasteiger partial charge in [0.1, 0.15) is 12.6 Å². The van der Waals surface area contributed by atoms with Gasteiger partial charge in [-0.2, -0.15) is 0 Å². The third kappa shape index (κ3) is 6.34. The lowest BCUT2D eigenvalue weighted by Crippen LogP contribution is -2.47. The first-order valence-electron chi connectivity index (χ1n) is 11.5. The summed E-state index contributed by atoms with van der Waals surface area (Å²) in [5.41, 5.74) is 4.44. The van der Waals surface area contributed by atoms with Crippen molar-refractivity contribution in [1.29, 1.82) is 0 Å². The second-order valence-electron chi connectivity index (χ2n) is 8.55. The van der Waals surface area contributed by atoms with E-state index in [1.807, 2.05) is 36.4 Å². The molecule has 0 aromatic heterocycles. The quantitative estimate of drug-likeness (QED) is 0.471. The molecule has 176 valence electrons. The van der Waals surface area contributed by atoms with Crippen molar-refractivity contribution < 1.29 is 24.2 Å². The second kappa shape index (κ2) is 11.5. The number of carbonyl (C=O) groups excluding carboxylic acids is 2. The van der Waals surface area contributed by atoms with Gasteiger partial charge in [0.05, 0.1) is 0 Å². The zero-order chi connectivity index (χ0) is 23.8. The first-order chi connectivity index (χ1) is 15.9. The Hall–Kier alpha value is -3.35. The Bertz CT molecular complexity index is 945. The smallest absolute Gasteiger partial charge is 0.407 e. The number of rotatable bonds is 11. The summed E-state index contributed by atoms with van der Waals surface area (Å²) in [7, 11) is 0. The fourth-order valence-electron chi connectivity index (χ4n) is 4.09. The lowest BCUT2D eigenvalue weighted by molar-refractivity contribution is -0.137. The predicted molar refractivity (Wildman–Crippen MR) is 126 cm³/mol. The maximum atomic E-state index is 12.6. The number of carboxylic acids is 1. The highest BCUT2D eigenvalue weighted by molar-refractivity contribution is 5.86. The van der Waals surface area contributed by atoms with Crippen molar-refractivity contribution in [2.75, 3.05) is 13.2 Å². The third-order valence-electron chi connectivity index (χ3n) is 6.23. The number of hydrogen-bond donors (Lipinski definition) is 3. The summed E-state index contributed by atoms with van der Waals surface area (Å²) in [4.78, 5) is 36.1. The highest BCUT2D eigenvalue weighted by Crippen LogP contribution is 2.44. The monoisotopic (exact) mass is 452 g/mol. The average Bonchev–Trinajstić information content (AvgIpc) is 3.13. The summed E-state index contributed by atoms with van der Waals surface area (Å²) >= 11 is 0. The van der Waals surface area contributed by atoms with Crippen molar-refractivity contribution in [3.8, 4) is 11.1 Å². The van der Waals surface area contributed by atoms with Gasteiger partial charge in [-0.3, -0.25) is 9.59 Å². The number of carboxylic acid groups (broad SMARTS) is 1. The number of alkyl carbamates (subject to hydrolysis) is 1. The third-order valence-corrected chi connectivity index (χ3v) is 6.23. The lowest BCUT2D eigenvalue weighted by Gasteiger charge is -2.20. The van der Waals surface area contributed by atoms with Crippen LogP contribution in [0.2, 0.25) is 0 Å². The maximum absolute atomic E-state index is 12.6. The van der Waals surface area contributed by atoms with Gasteiger partial charge in [-0.1, -0.05) is 68.8 Å². The van der Waals surface area contributed by atoms with Crippen LogP contribution in [-0.4, -0.2) is 42.3 Å². The summed E-state index contributed by atoms with van der Waals surface area (Å²) in [5.74, 6) is -1.04. The first-order valence-corrected chi connectivity index (χ1v) is 11.5. The van der Waals surface area contributed by atoms with Gasteiger partial charge in [-0.25, -0.2) is 4.79 Å². The molecule has 0 spiro atoms. The van der Waals surface area contributed by atoms with Crippen molar-refractivity contribution in [1.82, 2.24) is 10.6 Å². The number of ether oxygens (including phenoxy) is 1. The maximum Gasteiger partial charge on any atom is 0.407 e. The minimum absolute atomic E-state index is 0.00526. The second-order valence-corrected chi connectivity index (χ2v) is 8.55. The van der Waals surface area contributed by atoms with E-state index in [0.717, 1.165) is 35.1 Å². The zero-order valence-electron chi connectivity index (χ0n) is 19.2. The van der Waals surface area contributed by atoms with Crippen molar-refractivity contribution >= 4 is 18.0 Å². The van der Waals surface area contributed by atoms with Crippen LogP contribution in [0.4, 0.5) is 4.79 Å². The van der Waals surface area contributed by atoms with E-state index in [0.29, 0.717) is 12.5 Å². The fraction of sp³-hybridized carbons (Fsp3) is 0.423. The van der Waals surface area contributed by atoms with E-state index in [4.69, 9.17) is 9.84 Å². The number of amides is 2. The molecule has 2 aromatic rings. The number of fused-ring (bicyclic) bond motifs is 3. The van der Waals surface area contributed by atoms with Crippen LogP contribution in [0.1, 0.15) is 56.6 Å². The van der Waals surface area contributed by atoms with Crippen LogP contribution in [-0.2, 0) is 14.3 Å². The Morgan fingerprint density at radius 3 is 2.18 bits per heavy atom. The molecule has 0 heterocycles. The van der Waals surface area contributed by atoms with Crippen LogP contribution in [0.15, 0.2) is 48.5 Å². The molecule has 0 bridgehead atoms. The van der Waals surface area contributed by atoms with E-state index in [-0.39, 0.29) is 25.4 Å². The molecular formula is C26H32N2O5. The Morgan fingerprint density at radius 2 is 1.61 bits per heavy atom. The normalized spacial score (nSPS) is 14.0. The van der Waals surface area contributed by atoms with Gasteiger partial charge in [-0.05, 0) is 41.0 Å². The Labute approximate surface area is 194 Å². The number of hydrogen-bond acceptors (Lipinski definition) is 4. The Morgan fingerprint density at radius 1 is 1.00 bits per heavy atom. The standard InChI is InChI=1S/C26H32N2O5/c1-3-17(2)14-15-27-25(31)23(12-13-24(29)30)28-26(32)33-16-22-20-10-6-4-8-18(20)19-9-5-7-11-21(19)22/h4-11,17,22-23H,3,12-16H2,1-2H3,(H,27,31)(H,28,32)(H,29,30). The van der Waals surface area contributed by atoms with E-state index in [1.165, 1.54) is 0 Å². The number of benzene rings is 2. The van der Waals surface area contributed by atoms with Gasteiger partial charge in [0, 0.05) is 18.9 Å². The molecule has 0 saturated heterocycles. The van der Waals surface area contributed by atoms with Gasteiger partial charge in [0.2, 0.25) is 5.91 Å². The van der Waals surface area contributed by atoms with Gasteiger partial charge in [-0.15, -0.1) is 0 Å². The van der Waals surface area contributed by atoms with E-state index in [1.54, 1.807) is 0 Å². The number of aliphatic carboxylic acids is 1. The van der Waals surface area contributed by atoms with E-state index < -0.39 is 24.0 Å². The molecule has 0 radical (unpaired) electrons. The molecule has 3 rings (SSSR count). The van der Waals surface area contributed by atoms with Crippen LogP contribution in [0.25, 0.3) is 11.1 Å². The molecule has 2 aromatic carbocycles. The number of carbonyl (C=O) groups is 3. The summed E-state index contributed by atoms with van der Waals surface area (Å²) in [5, 5.41) is 14.4. The highest BCUT2D eigenvalue weighted by Gasteiger charge is 2.30. The molecule has 2 atom stereocenters. The van der Waals surface area contributed by atoms with E-state index in [2.05, 4.69) is 36.6 Å². The van der Waals surface area contributed by atoms with Crippen LogP contribution in [0.5, 0.6) is 0 Å². The minimum Gasteiger partial charge on any atom is -0.481 e. The molecule has 0 aliphatic heterocycles. The van der Waals surface area contributed by atoms with Crippen molar-refractivity contribution in [2.24, 2.45) is 5.92 Å². The summed E-state index contributed by atoms with van der Waals surface area (Å²) < 4.78 is 5.51. The fourth-order valence-corrected chi connectivity index (χ4v) is 4.09. The molecule has 33 heavy (non-hydrogen) atoms. The first kappa shape index (κ1) is 24.3. The van der Waals surface area contributed by atoms with Gasteiger partial charge in [0.25, 0.3) is 0 Å². The Kier molecular flexibility index (Phi) is 8.46. The topological polar surface area (TPSA) is 105 Å². The van der Waals surface area contributed by atoms with Crippen molar-refractivity contribution in [2.45, 2.75) is 51.5 Å². The van der Waals surface area contributed by atoms with Crippen molar-refractivity contribution in [3.63, 3.8) is 0 Å². The van der Waals surface area contributed by atoms with Gasteiger partial charge >= 0.3 is 12.1 Å². The van der Waals surface area contributed by atoms with Crippen LogP contribution < -0.4 is 10.6 Å². The largest absolute Gasteiger partial charge is 0.481 e. The molecule has 2 amide bonds. The molecular weight excluding hydrogens is 420 g/mol. The zero-order valence-corrected chi connectivity index (χ0v) is 19.2. The van der Waals surface area contributed by atoms with Gasteiger partial charge < -0.3 is 20.5 Å². The lowest BCUT2D eigenvalue weighted by atomic mass is 9.98. The van der Waals surface area contributed by atoms with E-state index in [9.17, 15) is 14.4 Å². The molecule has 0 saturated carbocycles. The molecule has 1 aliphatic carbocycles. The Balaban J connectivity index is 1.60.